The number of nitrogens with one attached hydrogen (secondary N) is 2. The third-order valence-electron chi connectivity index (χ3n) is 3.17. The number of hydrogen-bond acceptors (Lipinski definition) is 6. The van der Waals surface area contributed by atoms with Gasteiger partial charge in [-0.2, -0.15) is 0 Å². The van der Waals surface area contributed by atoms with E-state index in [1.54, 1.807) is 6.07 Å². The lowest BCUT2D eigenvalue weighted by Crippen LogP contribution is -2.24. The van der Waals surface area contributed by atoms with Crippen LogP contribution >= 0.6 is 0 Å². The fraction of sp³-hybridized carbons (Fsp3) is 0.154. The molecule has 0 bridgehead atoms. The summed E-state index contributed by atoms with van der Waals surface area (Å²) in [6, 6.07) is 3.07. The van der Waals surface area contributed by atoms with Crippen LogP contribution in [0.5, 0.6) is 5.75 Å². The Labute approximate surface area is 129 Å². The molecular formula is C13H12FN7O2. The summed E-state index contributed by atoms with van der Waals surface area (Å²) in [5.74, 6) is -0.939. The van der Waals surface area contributed by atoms with E-state index in [4.69, 9.17) is 4.74 Å². The van der Waals surface area contributed by atoms with Gasteiger partial charge in [-0.1, -0.05) is 0 Å². The van der Waals surface area contributed by atoms with Crippen molar-refractivity contribution in [1.82, 2.24) is 35.5 Å². The predicted octanol–water partition coefficient (Wildman–Crippen LogP) is 0.463. The Balaban J connectivity index is 1.91. The Morgan fingerprint density at radius 3 is 3.00 bits per heavy atom. The van der Waals surface area contributed by atoms with Gasteiger partial charge in [0, 0.05) is 12.1 Å². The molecule has 23 heavy (non-hydrogen) atoms. The molecule has 1 amide bonds. The number of methoxy groups -OCH3 is 1. The smallest absolute Gasteiger partial charge is 0.269 e. The second kappa shape index (κ2) is 6.22. The number of amides is 1. The van der Waals surface area contributed by atoms with Crippen molar-refractivity contribution in [2.24, 2.45) is 0 Å². The van der Waals surface area contributed by atoms with Crippen molar-refractivity contribution in [3.8, 4) is 11.4 Å². The Morgan fingerprint density at radius 2 is 2.35 bits per heavy atom. The first kappa shape index (κ1) is 14.6. The van der Waals surface area contributed by atoms with Crippen LogP contribution in [0.3, 0.4) is 0 Å². The average molecular weight is 317 g/mol. The molecule has 0 aliphatic heterocycles. The highest BCUT2D eigenvalue weighted by Gasteiger charge is 2.17. The maximum atomic E-state index is 14.5. The van der Waals surface area contributed by atoms with Gasteiger partial charge in [-0.15, -0.1) is 5.10 Å². The van der Waals surface area contributed by atoms with E-state index in [0.29, 0.717) is 5.69 Å². The first-order chi connectivity index (χ1) is 11.2. The van der Waals surface area contributed by atoms with E-state index in [1.807, 2.05) is 0 Å². The van der Waals surface area contributed by atoms with Crippen molar-refractivity contribution < 1.29 is 13.9 Å². The maximum Gasteiger partial charge on any atom is 0.269 e. The molecule has 0 unspecified atom stereocenters. The predicted molar refractivity (Wildman–Crippen MR) is 75.4 cm³/mol. The van der Waals surface area contributed by atoms with Crippen molar-refractivity contribution >= 4 is 5.91 Å². The highest BCUT2D eigenvalue weighted by atomic mass is 19.1. The zero-order valence-corrected chi connectivity index (χ0v) is 12.0. The van der Waals surface area contributed by atoms with Crippen LogP contribution in [0.25, 0.3) is 5.69 Å². The van der Waals surface area contributed by atoms with Crippen LogP contribution in [0.1, 0.15) is 16.1 Å². The van der Waals surface area contributed by atoms with E-state index in [1.165, 1.54) is 36.7 Å². The molecular weight excluding hydrogens is 305 g/mol. The molecule has 0 aliphatic rings. The molecule has 0 atom stereocenters. The Morgan fingerprint density at radius 1 is 1.48 bits per heavy atom. The van der Waals surface area contributed by atoms with Crippen LogP contribution in [0.2, 0.25) is 0 Å². The van der Waals surface area contributed by atoms with E-state index in [9.17, 15) is 9.18 Å². The number of halogens is 1. The third-order valence-corrected chi connectivity index (χ3v) is 3.17. The standard InChI is InChI=1S/C13H12FN7O2/c1-23-11-3-2-10(21-7-18-19-20-21)8(12(11)14)4-16-13(22)9-5-15-6-17-9/h2-3,5-7H,4H2,1H3,(H,15,17)(H,16,22). The summed E-state index contributed by atoms with van der Waals surface area (Å²) in [5, 5.41) is 13.4. The van der Waals surface area contributed by atoms with Gasteiger partial charge in [0.15, 0.2) is 11.6 Å². The van der Waals surface area contributed by atoms with Crippen LogP contribution in [0, 0.1) is 5.82 Å². The summed E-state index contributed by atoms with van der Waals surface area (Å²) in [5.41, 5.74) is 0.875. The molecule has 118 valence electrons. The van der Waals surface area contributed by atoms with Gasteiger partial charge in [0.05, 0.1) is 25.3 Å². The Kier molecular flexibility index (Phi) is 3.95. The number of aromatic amines is 1. The van der Waals surface area contributed by atoms with Crippen molar-refractivity contribution in [1.29, 1.82) is 0 Å². The molecule has 0 saturated carbocycles. The number of hydrogen-bond donors (Lipinski definition) is 2. The number of tetrazole rings is 1. The van der Waals surface area contributed by atoms with Gasteiger partial charge >= 0.3 is 0 Å². The quantitative estimate of drug-likeness (QED) is 0.707. The molecule has 0 fully saturated rings. The van der Waals surface area contributed by atoms with E-state index in [2.05, 4.69) is 30.8 Å². The summed E-state index contributed by atoms with van der Waals surface area (Å²) in [6.07, 6.45) is 4.09. The number of benzene rings is 1. The number of rotatable bonds is 5. The molecule has 0 spiro atoms. The number of H-pyrrole nitrogens is 1. The number of carbonyl (C=O) groups excluding carboxylic acids is 1. The largest absolute Gasteiger partial charge is 0.494 e. The normalized spacial score (nSPS) is 10.5. The van der Waals surface area contributed by atoms with Crippen molar-refractivity contribution in [2.75, 3.05) is 7.11 Å². The van der Waals surface area contributed by atoms with Gasteiger partial charge in [-0.3, -0.25) is 4.79 Å². The molecule has 2 aromatic heterocycles. The van der Waals surface area contributed by atoms with Gasteiger partial charge < -0.3 is 15.0 Å². The number of aromatic nitrogens is 6. The summed E-state index contributed by atoms with van der Waals surface area (Å²) in [6.45, 7) is -0.0733. The van der Waals surface area contributed by atoms with E-state index >= 15 is 0 Å². The molecule has 3 aromatic rings. The molecule has 10 heteroatoms. The topological polar surface area (TPSA) is 111 Å². The van der Waals surface area contributed by atoms with Gasteiger partial charge in [-0.05, 0) is 22.6 Å². The third kappa shape index (κ3) is 2.86. The van der Waals surface area contributed by atoms with Gasteiger partial charge in [0.2, 0.25) is 0 Å². The van der Waals surface area contributed by atoms with Gasteiger partial charge in [0.1, 0.15) is 12.0 Å². The van der Waals surface area contributed by atoms with Crippen LogP contribution in [-0.2, 0) is 6.54 Å². The lowest BCUT2D eigenvalue weighted by molar-refractivity contribution is 0.0946. The molecule has 0 saturated heterocycles. The first-order valence-electron chi connectivity index (χ1n) is 6.56. The first-order valence-corrected chi connectivity index (χ1v) is 6.56. The van der Waals surface area contributed by atoms with Crippen LogP contribution in [-0.4, -0.2) is 43.2 Å². The monoisotopic (exact) mass is 317 g/mol. The van der Waals surface area contributed by atoms with E-state index in [-0.39, 0.29) is 23.6 Å². The molecule has 1 aromatic carbocycles. The van der Waals surface area contributed by atoms with Crippen LogP contribution < -0.4 is 10.1 Å². The highest BCUT2D eigenvalue weighted by molar-refractivity contribution is 5.91. The number of carbonyl (C=O) groups is 1. The Hall–Kier alpha value is -3.30. The zero-order chi connectivity index (χ0) is 16.2. The van der Waals surface area contributed by atoms with Gasteiger partial charge in [-0.25, -0.2) is 14.1 Å². The van der Waals surface area contributed by atoms with E-state index < -0.39 is 11.7 Å². The summed E-state index contributed by atoms with van der Waals surface area (Å²) in [7, 11) is 1.36. The van der Waals surface area contributed by atoms with Gasteiger partial charge in [0.25, 0.3) is 5.91 Å². The molecule has 3 rings (SSSR count). The molecule has 2 N–H and O–H groups in total. The minimum atomic E-state index is -0.592. The summed E-state index contributed by atoms with van der Waals surface area (Å²) < 4.78 is 20.8. The zero-order valence-electron chi connectivity index (χ0n) is 12.0. The number of nitrogens with zero attached hydrogens (tertiary/aromatic N) is 5. The van der Waals surface area contributed by atoms with Crippen molar-refractivity contribution in [3.05, 3.63) is 48.1 Å². The Bertz CT molecular complexity index is 802. The molecule has 0 aliphatic carbocycles. The van der Waals surface area contributed by atoms with Crippen molar-refractivity contribution in [2.45, 2.75) is 6.54 Å². The highest BCUT2D eigenvalue weighted by Crippen LogP contribution is 2.25. The maximum absolute atomic E-state index is 14.5. The minimum absolute atomic E-state index is 0.0626. The fourth-order valence-corrected chi connectivity index (χ4v) is 2.05. The number of imidazole rings is 1. The average Bonchev–Trinajstić information content (AvgIpc) is 3.26. The number of ether oxygens (including phenoxy) is 1. The van der Waals surface area contributed by atoms with Crippen LogP contribution in [0.15, 0.2) is 31.0 Å². The second-order valence-corrected chi connectivity index (χ2v) is 4.48. The van der Waals surface area contributed by atoms with E-state index in [0.717, 1.165) is 0 Å². The summed E-state index contributed by atoms with van der Waals surface area (Å²) >= 11 is 0. The lowest BCUT2D eigenvalue weighted by atomic mass is 10.1. The second-order valence-electron chi connectivity index (χ2n) is 4.48. The minimum Gasteiger partial charge on any atom is -0.494 e. The molecule has 2 heterocycles. The fourth-order valence-electron chi connectivity index (χ4n) is 2.05. The molecule has 9 nitrogen and oxygen atoms in total. The molecule has 0 radical (unpaired) electrons. The summed E-state index contributed by atoms with van der Waals surface area (Å²) in [4.78, 5) is 18.4. The van der Waals surface area contributed by atoms with Crippen molar-refractivity contribution in [3.63, 3.8) is 0 Å². The lowest BCUT2D eigenvalue weighted by Gasteiger charge is -2.13. The SMILES string of the molecule is COc1ccc(-n2cnnn2)c(CNC(=O)c2cnc[nH]2)c1F. The van der Waals surface area contributed by atoms with Crippen LogP contribution in [0.4, 0.5) is 4.39 Å².